The van der Waals surface area contributed by atoms with E-state index in [1.54, 1.807) is 0 Å². The molecule has 0 aromatic carbocycles. The van der Waals surface area contributed by atoms with E-state index < -0.39 is 0 Å². The van der Waals surface area contributed by atoms with Crippen LogP contribution < -0.4 is 15.4 Å². The molecule has 3 rings (SSSR count). The van der Waals surface area contributed by atoms with E-state index in [1.807, 2.05) is 37.1 Å². The molecule has 0 aliphatic heterocycles. The van der Waals surface area contributed by atoms with Gasteiger partial charge in [0.05, 0.1) is 0 Å². The Morgan fingerprint density at radius 3 is 2.88 bits per heavy atom. The van der Waals surface area contributed by atoms with E-state index in [9.17, 15) is 0 Å². The largest absolute Gasteiger partial charge is 0.474 e. The number of nitrogens with one attached hydrogen (secondary N) is 2. The van der Waals surface area contributed by atoms with Crippen molar-refractivity contribution < 1.29 is 4.74 Å². The number of hydrogen-bond donors (Lipinski definition) is 2. The van der Waals surface area contributed by atoms with Crippen molar-refractivity contribution in [3.05, 3.63) is 23.9 Å². The van der Waals surface area contributed by atoms with Crippen LogP contribution in [-0.2, 0) is 6.54 Å². The number of guanidine groups is 1. The summed E-state index contributed by atoms with van der Waals surface area (Å²) < 4.78 is 5.99. The molecule has 1 aromatic heterocycles. The lowest BCUT2D eigenvalue weighted by Gasteiger charge is -2.18. The molecule has 2 aliphatic carbocycles. The molecule has 6 heteroatoms. The highest BCUT2D eigenvalue weighted by Crippen LogP contribution is 2.28. The Bertz CT molecular complexity index is 574. The lowest BCUT2D eigenvalue weighted by atomic mass is 10.2. The van der Waals surface area contributed by atoms with Crippen LogP contribution >= 0.6 is 11.8 Å². The van der Waals surface area contributed by atoms with Crippen LogP contribution in [0, 0.1) is 0 Å². The van der Waals surface area contributed by atoms with Gasteiger partial charge in [-0.25, -0.2) is 4.98 Å². The normalized spacial score (nSPS) is 24.5. The van der Waals surface area contributed by atoms with E-state index in [0.29, 0.717) is 12.1 Å². The molecule has 0 radical (unpaired) electrons. The molecule has 2 atom stereocenters. The van der Waals surface area contributed by atoms with Crippen LogP contribution in [0.4, 0.5) is 0 Å². The molecule has 1 heterocycles. The average Bonchev–Trinajstić information content (AvgIpc) is 3.30. The third kappa shape index (κ3) is 5.53. The van der Waals surface area contributed by atoms with Gasteiger partial charge in [-0.3, -0.25) is 4.99 Å². The Hall–Kier alpha value is -1.43. The van der Waals surface area contributed by atoms with Gasteiger partial charge in [0.15, 0.2) is 5.96 Å². The van der Waals surface area contributed by atoms with E-state index in [2.05, 4.69) is 26.9 Å². The number of aliphatic imine (C=N–C) groups is 1. The second-order valence-corrected chi connectivity index (χ2v) is 8.10. The Labute approximate surface area is 155 Å². The first kappa shape index (κ1) is 18.4. The van der Waals surface area contributed by atoms with Gasteiger partial charge in [0, 0.05) is 37.1 Å². The first-order valence-corrected chi connectivity index (χ1v) is 10.7. The highest BCUT2D eigenvalue weighted by atomic mass is 32.2. The summed E-state index contributed by atoms with van der Waals surface area (Å²) in [6.45, 7) is 0.724. The minimum absolute atomic E-state index is 0.344. The summed E-state index contributed by atoms with van der Waals surface area (Å²) in [7, 11) is 1.83. The van der Waals surface area contributed by atoms with Gasteiger partial charge in [0.25, 0.3) is 0 Å². The van der Waals surface area contributed by atoms with Crippen molar-refractivity contribution in [1.82, 2.24) is 15.6 Å². The molecule has 2 fully saturated rings. The third-order valence-corrected chi connectivity index (χ3v) is 6.23. The molecule has 0 saturated heterocycles. The Morgan fingerprint density at radius 1 is 1.32 bits per heavy atom. The molecule has 138 valence electrons. The molecular formula is C19H30N4OS. The number of rotatable bonds is 6. The molecular weight excluding hydrogens is 332 g/mol. The predicted octanol–water partition coefficient (Wildman–Crippen LogP) is 3.35. The van der Waals surface area contributed by atoms with Crippen LogP contribution in [0.2, 0.25) is 0 Å². The van der Waals surface area contributed by atoms with Crippen LogP contribution in [0.5, 0.6) is 5.88 Å². The van der Waals surface area contributed by atoms with Crippen LogP contribution in [0.25, 0.3) is 0 Å². The maximum atomic E-state index is 5.99. The van der Waals surface area contributed by atoms with Crippen molar-refractivity contribution in [3.63, 3.8) is 0 Å². The maximum absolute atomic E-state index is 5.99. The number of thioether (sulfide) groups is 1. The van der Waals surface area contributed by atoms with E-state index in [4.69, 9.17) is 4.74 Å². The quantitative estimate of drug-likeness (QED) is 0.600. The fourth-order valence-electron chi connectivity index (χ4n) is 3.66. The highest BCUT2D eigenvalue weighted by molar-refractivity contribution is 7.99. The lowest BCUT2D eigenvalue weighted by Crippen LogP contribution is -2.42. The Balaban J connectivity index is 1.48. The molecule has 0 spiro atoms. The molecule has 2 unspecified atom stereocenters. The van der Waals surface area contributed by atoms with E-state index in [1.165, 1.54) is 37.7 Å². The van der Waals surface area contributed by atoms with E-state index in [0.717, 1.165) is 36.5 Å². The summed E-state index contributed by atoms with van der Waals surface area (Å²) in [5, 5.41) is 7.75. The molecule has 0 amide bonds. The average molecular weight is 363 g/mol. The summed E-state index contributed by atoms with van der Waals surface area (Å²) in [5.74, 6) is 1.62. The van der Waals surface area contributed by atoms with Crippen molar-refractivity contribution in [1.29, 1.82) is 0 Å². The van der Waals surface area contributed by atoms with Crippen molar-refractivity contribution >= 4 is 17.7 Å². The van der Waals surface area contributed by atoms with Crippen LogP contribution in [-0.4, -0.2) is 41.6 Å². The Morgan fingerprint density at radius 2 is 2.16 bits per heavy atom. The first-order valence-electron chi connectivity index (χ1n) is 9.38. The van der Waals surface area contributed by atoms with Gasteiger partial charge in [-0.2, -0.15) is 11.8 Å². The Kier molecular flexibility index (Phi) is 6.84. The fourth-order valence-corrected chi connectivity index (χ4v) is 4.46. The summed E-state index contributed by atoms with van der Waals surface area (Å²) in [5.41, 5.74) is 1.17. The molecule has 1 aromatic rings. The van der Waals surface area contributed by atoms with Crippen LogP contribution in [0.3, 0.4) is 0 Å². The number of nitrogens with zero attached hydrogens (tertiary/aromatic N) is 2. The van der Waals surface area contributed by atoms with Crippen molar-refractivity contribution in [2.24, 2.45) is 4.99 Å². The van der Waals surface area contributed by atoms with Gasteiger partial charge in [0.2, 0.25) is 5.88 Å². The zero-order chi connectivity index (χ0) is 17.5. The molecule has 2 aliphatic rings. The van der Waals surface area contributed by atoms with Crippen molar-refractivity contribution in [3.8, 4) is 5.88 Å². The van der Waals surface area contributed by atoms with Gasteiger partial charge in [-0.05, 0) is 62.8 Å². The monoisotopic (exact) mass is 362 g/mol. The first-order chi connectivity index (χ1) is 12.3. The third-order valence-electron chi connectivity index (χ3n) is 5.13. The zero-order valence-corrected chi connectivity index (χ0v) is 16.1. The zero-order valence-electron chi connectivity index (χ0n) is 15.3. The fraction of sp³-hybridized carbons (Fsp3) is 0.684. The van der Waals surface area contributed by atoms with E-state index >= 15 is 0 Å². The predicted molar refractivity (Wildman–Crippen MR) is 105 cm³/mol. The summed E-state index contributed by atoms with van der Waals surface area (Å²) in [4.78, 5) is 8.72. The molecule has 25 heavy (non-hydrogen) atoms. The van der Waals surface area contributed by atoms with Gasteiger partial charge in [-0.1, -0.05) is 0 Å². The van der Waals surface area contributed by atoms with Gasteiger partial charge in [0.1, 0.15) is 6.10 Å². The lowest BCUT2D eigenvalue weighted by molar-refractivity contribution is 0.201. The van der Waals surface area contributed by atoms with Gasteiger partial charge >= 0.3 is 0 Å². The number of aromatic nitrogens is 1. The molecule has 2 N–H and O–H groups in total. The second kappa shape index (κ2) is 9.32. The van der Waals surface area contributed by atoms with Gasteiger partial charge < -0.3 is 15.4 Å². The molecule has 2 saturated carbocycles. The smallest absolute Gasteiger partial charge is 0.213 e. The number of pyridine rings is 1. The van der Waals surface area contributed by atoms with Crippen LogP contribution in [0.15, 0.2) is 23.3 Å². The number of ether oxygens (including phenoxy) is 1. The summed E-state index contributed by atoms with van der Waals surface area (Å²) in [6, 6.07) is 4.60. The SMILES string of the molecule is CN=C(NCc1ccnc(OC2CCCC2)c1)NC1CCC(SC)C1. The van der Waals surface area contributed by atoms with Gasteiger partial charge in [-0.15, -0.1) is 0 Å². The molecule has 0 bridgehead atoms. The standard InChI is InChI=1S/C19H30N4OS/c1-20-19(23-15-7-8-17(12-15)25-2)22-13-14-9-10-21-18(11-14)24-16-5-3-4-6-16/h9-11,15-17H,3-8,12-13H2,1-2H3,(H2,20,22,23). The summed E-state index contributed by atoms with van der Waals surface area (Å²) >= 11 is 1.97. The van der Waals surface area contributed by atoms with Crippen molar-refractivity contribution in [2.45, 2.75) is 68.9 Å². The minimum atomic E-state index is 0.344. The number of hydrogen-bond acceptors (Lipinski definition) is 4. The second-order valence-electron chi connectivity index (χ2n) is 6.96. The molecule has 5 nitrogen and oxygen atoms in total. The minimum Gasteiger partial charge on any atom is -0.474 e. The van der Waals surface area contributed by atoms with Crippen molar-refractivity contribution in [2.75, 3.05) is 13.3 Å². The van der Waals surface area contributed by atoms with E-state index in [-0.39, 0.29) is 0 Å². The topological polar surface area (TPSA) is 58.5 Å². The summed E-state index contributed by atoms with van der Waals surface area (Å²) in [6.07, 6.45) is 13.0. The van der Waals surface area contributed by atoms with Crippen LogP contribution in [0.1, 0.15) is 50.5 Å². The highest BCUT2D eigenvalue weighted by Gasteiger charge is 2.24. The maximum Gasteiger partial charge on any atom is 0.213 e.